The number of carbonyl (C=O) groups is 1. The highest BCUT2D eigenvalue weighted by Crippen LogP contribution is 2.53. The van der Waals surface area contributed by atoms with Gasteiger partial charge < -0.3 is 20.5 Å². The zero-order valence-corrected chi connectivity index (χ0v) is 25.4. The lowest BCUT2D eigenvalue weighted by Crippen LogP contribution is -2.35. The highest BCUT2D eigenvalue weighted by molar-refractivity contribution is 5.89. The van der Waals surface area contributed by atoms with Gasteiger partial charge in [0, 0.05) is 36.4 Å². The van der Waals surface area contributed by atoms with Crippen LogP contribution in [0, 0.1) is 17.8 Å². The molecule has 1 aliphatic carbocycles. The van der Waals surface area contributed by atoms with Crippen LogP contribution in [0.2, 0.25) is 0 Å². The lowest BCUT2D eigenvalue weighted by Gasteiger charge is -2.31. The molecule has 3 unspecified atom stereocenters. The summed E-state index contributed by atoms with van der Waals surface area (Å²) in [6.07, 6.45) is 5.12. The number of ketones is 1. The molecule has 8 heteroatoms. The van der Waals surface area contributed by atoms with Crippen LogP contribution in [-0.4, -0.2) is 52.4 Å². The zero-order chi connectivity index (χ0) is 30.4. The van der Waals surface area contributed by atoms with Gasteiger partial charge in [-0.3, -0.25) is 9.79 Å². The highest BCUT2D eigenvalue weighted by Gasteiger charge is 2.60. The number of benzene rings is 2. The molecule has 3 N–H and O–H groups in total. The van der Waals surface area contributed by atoms with Gasteiger partial charge in [-0.25, -0.2) is 9.97 Å². The lowest BCUT2D eigenvalue weighted by atomic mass is 9.83. The summed E-state index contributed by atoms with van der Waals surface area (Å²) in [7, 11) is 0. The van der Waals surface area contributed by atoms with E-state index in [0.29, 0.717) is 30.3 Å². The molecule has 0 spiro atoms. The number of fused-ring (bicyclic) bond motifs is 2. The first-order chi connectivity index (χ1) is 21.4. The van der Waals surface area contributed by atoms with Crippen molar-refractivity contribution in [3.05, 3.63) is 96.0 Å². The molecule has 1 saturated carbocycles. The van der Waals surface area contributed by atoms with Crippen LogP contribution in [0.5, 0.6) is 0 Å². The van der Waals surface area contributed by atoms with E-state index in [1.165, 1.54) is 11.1 Å². The molecule has 0 bridgehead atoms. The van der Waals surface area contributed by atoms with Crippen LogP contribution in [0.3, 0.4) is 0 Å². The van der Waals surface area contributed by atoms with Gasteiger partial charge in [-0.05, 0) is 50.2 Å². The number of nitrogens with one attached hydrogen (secondary N) is 1. The number of Topliss-reactive ketones (excluding diaryl/α,β-unsaturated/α-hetero) is 1. The third-order valence-corrected chi connectivity index (χ3v) is 9.75. The predicted octanol–water partition coefficient (Wildman–Crippen LogP) is 5.71. The van der Waals surface area contributed by atoms with Gasteiger partial charge in [-0.2, -0.15) is 0 Å². The largest absolute Gasteiger partial charge is 0.369 e. The van der Waals surface area contributed by atoms with Crippen molar-refractivity contribution in [3.63, 3.8) is 0 Å². The Morgan fingerprint density at radius 1 is 1.09 bits per heavy atom. The number of hydrogen-bond acceptors (Lipinski definition) is 8. The molecule has 1 aromatic heterocycles. The molecule has 8 nitrogen and oxygen atoms in total. The Morgan fingerprint density at radius 2 is 1.80 bits per heavy atom. The summed E-state index contributed by atoms with van der Waals surface area (Å²) in [4.78, 5) is 28.2. The van der Waals surface area contributed by atoms with E-state index in [9.17, 15) is 4.79 Å². The van der Waals surface area contributed by atoms with Crippen molar-refractivity contribution in [2.75, 3.05) is 11.9 Å². The molecule has 4 heterocycles. The third-order valence-electron chi connectivity index (χ3n) is 9.75. The van der Waals surface area contributed by atoms with E-state index in [1.807, 2.05) is 24.4 Å². The summed E-state index contributed by atoms with van der Waals surface area (Å²) in [6.45, 7) is 8.94. The standard InChI is InChI=1S/C36H41N5O3/c1-4-21-17-25(21)31(42)32-26-18-36(2,3)44-34(26)33(43-32)24-15-16-38-30-29(24)40-28(19-37)41-35(30)39-20-27(22-11-7-5-8-12-22)23-13-9-6-10-14-23/h4-14,16,21,24-27,32-34H,1,15,17-20,37H2,2-3H3,(H,39,40,41)/t21?,24?,25?,26-,32+,33+,34-/m1/s1. The van der Waals surface area contributed by atoms with Gasteiger partial charge in [0.05, 0.1) is 30.0 Å². The second-order valence-corrected chi connectivity index (χ2v) is 13.2. The highest BCUT2D eigenvalue weighted by atomic mass is 16.6. The number of rotatable bonds is 10. The summed E-state index contributed by atoms with van der Waals surface area (Å²) in [5, 5.41) is 3.62. The van der Waals surface area contributed by atoms with Crippen LogP contribution >= 0.6 is 0 Å². The lowest BCUT2D eigenvalue weighted by molar-refractivity contribution is -0.136. The molecule has 0 amide bonds. The van der Waals surface area contributed by atoms with Gasteiger partial charge in [0.25, 0.3) is 0 Å². The van der Waals surface area contributed by atoms with Gasteiger partial charge in [0.1, 0.15) is 17.6 Å². The van der Waals surface area contributed by atoms with E-state index in [0.717, 1.165) is 18.5 Å². The summed E-state index contributed by atoms with van der Waals surface area (Å²) >= 11 is 0. The van der Waals surface area contributed by atoms with Gasteiger partial charge in [0.15, 0.2) is 11.6 Å². The first kappa shape index (κ1) is 29.0. The SMILES string of the molecule is C=CC1CC1C(=O)[C@H]1O[C@@H](C2CC=Nc3c(NCC(c4ccccc4)c4ccccc4)nc(CN)nc32)[C@@H]2OC(C)(C)C[C@@H]21. The molecule has 7 rings (SSSR count). The summed E-state index contributed by atoms with van der Waals surface area (Å²) in [5.74, 6) is 1.65. The van der Waals surface area contributed by atoms with Crippen LogP contribution < -0.4 is 11.1 Å². The average molecular weight is 592 g/mol. The minimum absolute atomic E-state index is 0.00459. The van der Waals surface area contributed by atoms with Crippen molar-refractivity contribution < 1.29 is 14.3 Å². The fourth-order valence-corrected chi connectivity index (χ4v) is 7.52. The van der Waals surface area contributed by atoms with Gasteiger partial charge in [-0.15, -0.1) is 6.58 Å². The van der Waals surface area contributed by atoms with Gasteiger partial charge in [0.2, 0.25) is 0 Å². The number of ether oxygens (including phenoxy) is 2. The average Bonchev–Trinajstić information content (AvgIpc) is 3.68. The van der Waals surface area contributed by atoms with Crippen molar-refractivity contribution in [2.24, 2.45) is 28.5 Å². The van der Waals surface area contributed by atoms with Crippen LogP contribution in [0.25, 0.3) is 0 Å². The van der Waals surface area contributed by atoms with E-state index in [1.54, 1.807) is 0 Å². The minimum atomic E-state index is -0.477. The van der Waals surface area contributed by atoms with Crippen molar-refractivity contribution >= 4 is 23.5 Å². The molecule has 2 aromatic carbocycles. The second kappa shape index (κ2) is 11.7. The number of hydrogen-bond donors (Lipinski definition) is 2. The molecule has 228 valence electrons. The fraction of sp³-hybridized carbons (Fsp3) is 0.444. The normalized spacial score (nSPS) is 29.7. The van der Waals surface area contributed by atoms with Crippen molar-refractivity contribution in [1.82, 2.24) is 9.97 Å². The van der Waals surface area contributed by atoms with Crippen LogP contribution in [0.4, 0.5) is 11.5 Å². The van der Waals surface area contributed by atoms with Gasteiger partial charge in [-0.1, -0.05) is 66.7 Å². The first-order valence-electron chi connectivity index (χ1n) is 15.8. The Kier molecular flexibility index (Phi) is 7.69. The van der Waals surface area contributed by atoms with Crippen LogP contribution in [0.1, 0.15) is 67.6 Å². The smallest absolute Gasteiger partial charge is 0.165 e. The maximum atomic E-state index is 13.6. The number of anilines is 1. The predicted molar refractivity (Wildman–Crippen MR) is 171 cm³/mol. The zero-order valence-electron chi connectivity index (χ0n) is 25.4. The quantitative estimate of drug-likeness (QED) is 0.291. The summed E-state index contributed by atoms with van der Waals surface area (Å²) in [5.41, 5.74) is 9.76. The second-order valence-electron chi connectivity index (χ2n) is 13.2. The fourth-order valence-electron chi connectivity index (χ4n) is 7.52. The maximum absolute atomic E-state index is 13.6. The van der Waals surface area contributed by atoms with E-state index in [2.05, 4.69) is 74.3 Å². The molecule has 3 aromatic rings. The topological polar surface area (TPSA) is 112 Å². The molecule has 4 aliphatic rings. The van der Waals surface area contributed by atoms with Crippen LogP contribution in [-0.2, 0) is 20.8 Å². The number of nitrogens with two attached hydrogens (primary N) is 1. The van der Waals surface area contributed by atoms with E-state index < -0.39 is 6.10 Å². The molecular formula is C36H41N5O3. The molecule has 0 radical (unpaired) electrons. The molecular weight excluding hydrogens is 550 g/mol. The molecule has 3 fully saturated rings. The molecule has 44 heavy (non-hydrogen) atoms. The molecule has 2 saturated heterocycles. The number of allylic oxidation sites excluding steroid dienone is 1. The molecule has 7 atom stereocenters. The Hall–Kier alpha value is -3.72. The summed E-state index contributed by atoms with van der Waals surface area (Å²) in [6, 6.07) is 21.0. The van der Waals surface area contributed by atoms with Crippen molar-refractivity contribution in [3.8, 4) is 0 Å². The first-order valence-corrected chi connectivity index (χ1v) is 15.8. The number of carbonyl (C=O) groups excluding carboxylic acids is 1. The Balaban J connectivity index is 1.20. The number of aliphatic imine (C=N–C) groups is 1. The third kappa shape index (κ3) is 5.40. The Labute approximate surface area is 259 Å². The van der Waals surface area contributed by atoms with Crippen molar-refractivity contribution in [2.45, 2.75) is 75.4 Å². The van der Waals surface area contributed by atoms with Crippen LogP contribution in [0.15, 0.2) is 78.3 Å². The van der Waals surface area contributed by atoms with E-state index >= 15 is 0 Å². The summed E-state index contributed by atoms with van der Waals surface area (Å²) < 4.78 is 13.3. The Morgan fingerprint density at radius 3 is 2.43 bits per heavy atom. The van der Waals surface area contributed by atoms with Crippen molar-refractivity contribution in [1.29, 1.82) is 0 Å². The van der Waals surface area contributed by atoms with Gasteiger partial charge >= 0.3 is 0 Å². The van der Waals surface area contributed by atoms with E-state index in [4.69, 9.17) is 30.2 Å². The van der Waals surface area contributed by atoms with E-state index in [-0.39, 0.29) is 59.7 Å². The monoisotopic (exact) mass is 591 g/mol. The number of aromatic nitrogens is 2. The maximum Gasteiger partial charge on any atom is 0.165 e. The molecule has 3 aliphatic heterocycles. The number of nitrogens with zero attached hydrogens (tertiary/aromatic N) is 3. The minimum Gasteiger partial charge on any atom is -0.369 e. The Bertz CT molecular complexity index is 1520.